The zero-order valence-corrected chi connectivity index (χ0v) is 20.8. The molecule has 0 bridgehead atoms. The summed E-state index contributed by atoms with van der Waals surface area (Å²) in [5, 5.41) is 34.7. The van der Waals surface area contributed by atoms with E-state index < -0.39 is 10.8 Å². The van der Waals surface area contributed by atoms with Gasteiger partial charge in [0.1, 0.15) is 0 Å². The highest BCUT2D eigenvalue weighted by molar-refractivity contribution is 7.99. The number of rotatable bonds is 9. The molecule has 1 amide bonds. The third kappa shape index (κ3) is 6.05. The highest BCUT2D eigenvalue weighted by atomic mass is 35.5. The van der Waals surface area contributed by atoms with Crippen molar-refractivity contribution in [1.29, 1.82) is 0 Å². The largest absolute Gasteiger partial charge is 0.504 e. The second-order valence-electron chi connectivity index (χ2n) is 7.41. The lowest BCUT2D eigenvalue weighted by Gasteiger charge is -2.10. The van der Waals surface area contributed by atoms with E-state index in [1.807, 2.05) is 47.0 Å². The fraction of sp³-hybridized carbons (Fsp3) is 0.0833. The van der Waals surface area contributed by atoms with Crippen LogP contribution in [-0.2, 0) is 4.79 Å². The van der Waals surface area contributed by atoms with Crippen LogP contribution in [0.5, 0.6) is 11.5 Å². The second kappa shape index (κ2) is 11.5. The number of phenolic OH excluding ortho intramolecular Hbond substituents is 1. The number of nitrogens with zero attached hydrogens (tertiary/aromatic N) is 5. The van der Waals surface area contributed by atoms with E-state index in [1.165, 1.54) is 7.11 Å². The van der Waals surface area contributed by atoms with Gasteiger partial charge in [-0.1, -0.05) is 41.6 Å². The fourth-order valence-corrected chi connectivity index (χ4v) is 4.14. The first-order chi connectivity index (χ1) is 17.9. The van der Waals surface area contributed by atoms with Crippen molar-refractivity contribution in [3.8, 4) is 28.6 Å². The van der Waals surface area contributed by atoms with E-state index in [1.54, 1.807) is 12.1 Å². The molecule has 1 heterocycles. The lowest BCUT2D eigenvalue weighted by Crippen LogP contribution is -2.20. The van der Waals surface area contributed by atoms with Gasteiger partial charge in [-0.3, -0.25) is 19.5 Å². The number of non-ortho nitro benzene ring substituents is 1. The summed E-state index contributed by atoms with van der Waals surface area (Å²) in [4.78, 5) is 22.9. The summed E-state index contributed by atoms with van der Waals surface area (Å²) in [5.74, 6) is -0.360. The van der Waals surface area contributed by atoms with Crippen molar-refractivity contribution >= 4 is 41.2 Å². The van der Waals surface area contributed by atoms with Gasteiger partial charge in [0.25, 0.3) is 11.6 Å². The maximum Gasteiger partial charge on any atom is 0.274 e. The zero-order valence-electron chi connectivity index (χ0n) is 19.2. The van der Waals surface area contributed by atoms with E-state index >= 15 is 0 Å². The number of ether oxygens (including phenoxy) is 1. The monoisotopic (exact) mass is 538 g/mol. The van der Waals surface area contributed by atoms with Gasteiger partial charge < -0.3 is 9.84 Å². The van der Waals surface area contributed by atoms with Crippen molar-refractivity contribution in [1.82, 2.24) is 20.2 Å². The molecule has 2 N–H and O–H groups in total. The zero-order chi connectivity index (χ0) is 26.4. The molecule has 0 fully saturated rings. The Hall–Kier alpha value is -4.42. The number of thioether (sulfide) groups is 1. The normalized spacial score (nSPS) is 11.0. The Morgan fingerprint density at radius 2 is 1.95 bits per heavy atom. The molecule has 0 saturated carbocycles. The Morgan fingerprint density at radius 3 is 2.62 bits per heavy atom. The van der Waals surface area contributed by atoms with Crippen molar-refractivity contribution in [3.63, 3.8) is 0 Å². The summed E-state index contributed by atoms with van der Waals surface area (Å²) in [6.45, 7) is 0. The number of para-hydroxylation sites is 1. The molecule has 0 aliphatic carbocycles. The highest BCUT2D eigenvalue weighted by Gasteiger charge is 2.18. The van der Waals surface area contributed by atoms with E-state index in [-0.39, 0.29) is 28.5 Å². The van der Waals surface area contributed by atoms with Crippen LogP contribution in [0.2, 0.25) is 5.02 Å². The first-order valence-electron chi connectivity index (χ1n) is 10.6. The van der Waals surface area contributed by atoms with E-state index in [9.17, 15) is 20.0 Å². The van der Waals surface area contributed by atoms with Gasteiger partial charge in [0.05, 0.1) is 30.1 Å². The van der Waals surface area contributed by atoms with Crippen LogP contribution in [0.25, 0.3) is 17.1 Å². The van der Waals surface area contributed by atoms with Gasteiger partial charge in [-0.2, -0.15) is 5.10 Å². The summed E-state index contributed by atoms with van der Waals surface area (Å²) < 4.78 is 6.78. The number of nitrogens with one attached hydrogen (secondary N) is 1. The van der Waals surface area contributed by atoms with Gasteiger partial charge >= 0.3 is 0 Å². The molecular weight excluding hydrogens is 520 g/mol. The maximum absolute atomic E-state index is 12.4. The van der Waals surface area contributed by atoms with Crippen molar-refractivity contribution in [2.75, 3.05) is 12.9 Å². The molecule has 0 unspecified atom stereocenters. The standard InChI is InChI=1S/C24H19ClN6O5S/c1-36-20-12-19(31(34)35)11-16(22(20)33)13-26-27-21(32)14-37-24-29-28-23(15-7-9-17(25)10-8-15)30(24)18-5-3-2-4-6-18/h2-13,33H,14H2,1H3,(H,27,32). The molecule has 4 aromatic rings. The number of phenols is 1. The van der Waals surface area contributed by atoms with Crippen LogP contribution in [0, 0.1) is 10.1 Å². The number of hydrogen-bond acceptors (Lipinski definition) is 9. The summed E-state index contributed by atoms with van der Waals surface area (Å²) in [5.41, 5.74) is 3.66. The minimum Gasteiger partial charge on any atom is -0.504 e. The fourth-order valence-electron chi connectivity index (χ4n) is 3.27. The minimum atomic E-state index is -0.629. The number of methoxy groups -OCH3 is 1. The average Bonchev–Trinajstić information content (AvgIpc) is 3.33. The first kappa shape index (κ1) is 25.7. The Kier molecular flexibility index (Phi) is 8.01. The second-order valence-corrected chi connectivity index (χ2v) is 8.79. The van der Waals surface area contributed by atoms with Crippen LogP contribution < -0.4 is 10.2 Å². The number of nitro groups is 1. The van der Waals surface area contributed by atoms with Crippen LogP contribution in [-0.4, -0.2) is 49.8 Å². The number of hydrogen-bond donors (Lipinski definition) is 2. The van der Waals surface area contributed by atoms with E-state index in [2.05, 4.69) is 20.7 Å². The number of halogens is 1. The molecule has 0 radical (unpaired) electrons. The molecule has 0 spiro atoms. The lowest BCUT2D eigenvalue weighted by atomic mass is 10.2. The molecule has 4 rings (SSSR count). The van der Waals surface area contributed by atoms with E-state index in [0.29, 0.717) is 16.0 Å². The molecule has 3 aromatic carbocycles. The predicted molar refractivity (Wildman–Crippen MR) is 140 cm³/mol. The van der Waals surface area contributed by atoms with Crippen LogP contribution in [0.4, 0.5) is 5.69 Å². The number of carbonyl (C=O) groups is 1. The molecule has 0 saturated heterocycles. The maximum atomic E-state index is 12.4. The number of carbonyl (C=O) groups excluding carboxylic acids is 1. The molecular formula is C24H19ClN6O5S. The van der Waals surface area contributed by atoms with E-state index in [0.717, 1.165) is 41.4 Å². The van der Waals surface area contributed by atoms with Gasteiger partial charge in [-0.25, -0.2) is 5.43 Å². The molecule has 1 aromatic heterocycles. The molecule has 0 atom stereocenters. The number of hydrazone groups is 1. The van der Waals surface area contributed by atoms with Crippen molar-refractivity contribution in [2.45, 2.75) is 5.16 Å². The predicted octanol–water partition coefficient (Wildman–Crippen LogP) is 4.45. The average molecular weight is 539 g/mol. The highest BCUT2D eigenvalue weighted by Crippen LogP contribution is 2.33. The molecule has 37 heavy (non-hydrogen) atoms. The lowest BCUT2D eigenvalue weighted by molar-refractivity contribution is -0.385. The Bertz CT molecular complexity index is 1460. The van der Waals surface area contributed by atoms with Gasteiger partial charge in [0.2, 0.25) is 0 Å². The van der Waals surface area contributed by atoms with Crippen molar-refractivity contribution in [2.24, 2.45) is 5.10 Å². The van der Waals surface area contributed by atoms with Crippen LogP contribution in [0.1, 0.15) is 5.56 Å². The summed E-state index contributed by atoms with van der Waals surface area (Å²) in [6.07, 6.45) is 1.10. The minimum absolute atomic E-state index is 0.00966. The van der Waals surface area contributed by atoms with Gasteiger partial charge in [0, 0.05) is 27.9 Å². The smallest absolute Gasteiger partial charge is 0.274 e. The third-order valence-corrected chi connectivity index (χ3v) is 6.18. The summed E-state index contributed by atoms with van der Waals surface area (Å²) in [6, 6.07) is 18.8. The van der Waals surface area contributed by atoms with Crippen molar-refractivity contribution in [3.05, 3.63) is 87.4 Å². The number of nitro benzene ring substituents is 1. The number of aromatic nitrogens is 3. The summed E-state index contributed by atoms with van der Waals surface area (Å²) >= 11 is 7.17. The summed E-state index contributed by atoms with van der Waals surface area (Å²) in [7, 11) is 1.27. The van der Waals surface area contributed by atoms with E-state index in [4.69, 9.17) is 16.3 Å². The molecule has 11 nitrogen and oxygen atoms in total. The Labute approximate surface area is 219 Å². The molecule has 13 heteroatoms. The van der Waals surface area contributed by atoms with Crippen LogP contribution >= 0.6 is 23.4 Å². The number of aromatic hydroxyl groups is 1. The molecule has 0 aliphatic rings. The van der Waals surface area contributed by atoms with Crippen LogP contribution in [0.3, 0.4) is 0 Å². The molecule has 188 valence electrons. The Balaban J connectivity index is 1.49. The number of amides is 1. The third-order valence-electron chi connectivity index (χ3n) is 5.00. The van der Waals surface area contributed by atoms with Gasteiger partial charge in [-0.05, 0) is 36.4 Å². The van der Waals surface area contributed by atoms with Crippen molar-refractivity contribution < 1.29 is 19.6 Å². The van der Waals surface area contributed by atoms with Crippen LogP contribution in [0.15, 0.2) is 77.0 Å². The Morgan fingerprint density at radius 1 is 1.22 bits per heavy atom. The topological polar surface area (TPSA) is 145 Å². The molecule has 0 aliphatic heterocycles. The SMILES string of the molecule is COc1cc([N+](=O)[O-])cc(C=NNC(=O)CSc2nnc(-c3ccc(Cl)cc3)n2-c2ccccc2)c1O. The van der Waals surface area contributed by atoms with Gasteiger partial charge in [0.15, 0.2) is 22.5 Å². The quantitative estimate of drug-likeness (QED) is 0.137. The number of benzene rings is 3. The first-order valence-corrected chi connectivity index (χ1v) is 12.0. The van der Waals surface area contributed by atoms with Gasteiger partial charge in [-0.15, -0.1) is 10.2 Å².